The molecule has 4 nitrogen and oxygen atoms in total. The van der Waals surface area contributed by atoms with E-state index in [1.165, 1.54) is 17.1 Å². The maximum Gasteiger partial charge on any atom is 0.276 e. The molecule has 0 fully saturated rings. The van der Waals surface area contributed by atoms with Gasteiger partial charge in [0.2, 0.25) is 0 Å². The molecule has 0 saturated heterocycles. The van der Waals surface area contributed by atoms with Crippen molar-refractivity contribution in [2.75, 3.05) is 13.1 Å². The van der Waals surface area contributed by atoms with Crippen LogP contribution in [0.5, 0.6) is 0 Å². The Kier molecular flexibility index (Phi) is 5.00. The standard InChI is InChI=1S/C16H17N3OS/c1-4-10-19(11-5-2)16(20)14-15(21-18-17-14)13-8-6-12(3)7-9-13/h4-9H,1-2,10-11H2,3H3. The van der Waals surface area contributed by atoms with Crippen molar-refractivity contribution in [2.24, 2.45) is 0 Å². The topological polar surface area (TPSA) is 46.1 Å². The van der Waals surface area contributed by atoms with Crippen LogP contribution in [0.2, 0.25) is 0 Å². The first-order chi connectivity index (χ1) is 10.2. The Morgan fingerprint density at radius 3 is 2.43 bits per heavy atom. The third-order valence-electron chi connectivity index (χ3n) is 2.99. The summed E-state index contributed by atoms with van der Waals surface area (Å²) in [6.45, 7) is 10.3. The summed E-state index contributed by atoms with van der Waals surface area (Å²) >= 11 is 1.23. The predicted octanol–water partition coefficient (Wildman–Crippen LogP) is 3.33. The molecule has 0 aliphatic rings. The van der Waals surface area contributed by atoms with Crippen molar-refractivity contribution in [3.63, 3.8) is 0 Å². The normalized spacial score (nSPS) is 10.1. The lowest BCUT2D eigenvalue weighted by Crippen LogP contribution is -2.31. The van der Waals surface area contributed by atoms with Gasteiger partial charge in [0.05, 0.1) is 4.88 Å². The van der Waals surface area contributed by atoms with Crippen LogP contribution in [0.4, 0.5) is 0 Å². The van der Waals surface area contributed by atoms with Crippen LogP contribution in [0.15, 0.2) is 49.6 Å². The van der Waals surface area contributed by atoms with E-state index in [0.29, 0.717) is 18.8 Å². The summed E-state index contributed by atoms with van der Waals surface area (Å²) in [7, 11) is 0. The first-order valence-corrected chi connectivity index (χ1v) is 7.35. The van der Waals surface area contributed by atoms with Crippen LogP contribution in [0, 0.1) is 6.92 Å². The van der Waals surface area contributed by atoms with Gasteiger partial charge >= 0.3 is 0 Å². The second-order valence-corrected chi connectivity index (χ2v) is 5.36. The highest BCUT2D eigenvalue weighted by atomic mass is 32.1. The van der Waals surface area contributed by atoms with Gasteiger partial charge in [0.25, 0.3) is 5.91 Å². The number of aryl methyl sites for hydroxylation is 1. The Balaban J connectivity index is 2.34. The highest BCUT2D eigenvalue weighted by molar-refractivity contribution is 7.09. The number of hydrogen-bond donors (Lipinski definition) is 0. The van der Waals surface area contributed by atoms with E-state index in [1.807, 2.05) is 31.2 Å². The van der Waals surface area contributed by atoms with Gasteiger partial charge in [-0.2, -0.15) is 0 Å². The molecule has 1 aromatic carbocycles. The van der Waals surface area contributed by atoms with E-state index in [2.05, 4.69) is 22.7 Å². The van der Waals surface area contributed by atoms with Crippen LogP contribution in [-0.2, 0) is 0 Å². The molecule has 0 aliphatic heterocycles. The predicted molar refractivity (Wildman–Crippen MR) is 86.4 cm³/mol. The molecule has 2 aromatic rings. The van der Waals surface area contributed by atoms with Gasteiger partial charge < -0.3 is 4.90 Å². The third kappa shape index (κ3) is 3.44. The van der Waals surface area contributed by atoms with E-state index < -0.39 is 0 Å². The number of carbonyl (C=O) groups is 1. The van der Waals surface area contributed by atoms with Crippen LogP contribution < -0.4 is 0 Å². The molecule has 5 heteroatoms. The van der Waals surface area contributed by atoms with Gasteiger partial charge in [0.15, 0.2) is 5.69 Å². The summed E-state index contributed by atoms with van der Waals surface area (Å²) < 4.78 is 3.94. The van der Waals surface area contributed by atoms with Crippen LogP contribution >= 0.6 is 11.5 Å². The fraction of sp³-hybridized carbons (Fsp3) is 0.188. The first kappa shape index (κ1) is 15.1. The third-order valence-corrected chi connectivity index (χ3v) is 3.77. The van der Waals surface area contributed by atoms with Crippen LogP contribution in [0.3, 0.4) is 0 Å². The smallest absolute Gasteiger partial charge is 0.276 e. The molecule has 1 aromatic heterocycles. The summed E-state index contributed by atoms with van der Waals surface area (Å²) in [4.78, 5) is 15.0. The monoisotopic (exact) mass is 299 g/mol. The van der Waals surface area contributed by atoms with E-state index in [-0.39, 0.29) is 5.91 Å². The zero-order valence-electron chi connectivity index (χ0n) is 12.0. The second-order valence-electron chi connectivity index (χ2n) is 4.60. The number of carbonyl (C=O) groups excluding carboxylic acids is 1. The Hall–Kier alpha value is -2.27. The van der Waals surface area contributed by atoms with Crippen molar-refractivity contribution in [1.82, 2.24) is 14.5 Å². The van der Waals surface area contributed by atoms with Gasteiger partial charge in [-0.1, -0.05) is 46.5 Å². The van der Waals surface area contributed by atoms with Gasteiger partial charge in [-0.05, 0) is 24.0 Å². The summed E-state index contributed by atoms with van der Waals surface area (Å²) in [5, 5.41) is 4.01. The van der Waals surface area contributed by atoms with E-state index >= 15 is 0 Å². The second kappa shape index (κ2) is 6.95. The van der Waals surface area contributed by atoms with Crippen molar-refractivity contribution in [3.8, 4) is 10.4 Å². The number of amides is 1. The van der Waals surface area contributed by atoms with Crippen molar-refractivity contribution in [2.45, 2.75) is 6.92 Å². The quantitative estimate of drug-likeness (QED) is 0.769. The minimum atomic E-state index is -0.154. The van der Waals surface area contributed by atoms with Crippen molar-refractivity contribution >= 4 is 17.4 Å². The average Bonchev–Trinajstić information content (AvgIpc) is 2.96. The van der Waals surface area contributed by atoms with Crippen molar-refractivity contribution in [3.05, 3.63) is 60.8 Å². The zero-order chi connectivity index (χ0) is 15.2. The lowest BCUT2D eigenvalue weighted by molar-refractivity contribution is 0.0786. The summed E-state index contributed by atoms with van der Waals surface area (Å²) in [6.07, 6.45) is 3.37. The minimum absolute atomic E-state index is 0.154. The van der Waals surface area contributed by atoms with Crippen LogP contribution in [0.1, 0.15) is 16.1 Å². The Morgan fingerprint density at radius 2 is 1.86 bits per heavy atom. The highest BCUT2D eigenvalue weighted by Gasteiger charge is 2.22. The molecule has 0 atom stereocenters. The molecule has 0 bridgehead atoms. The highest BCUT2D eigenvalue weighted by Crippen LogP contribution is 2.27. The molecule has 0 saturated carbocycles. The molecule has 0 spiro atoms. The number of aromatic nitrogens is 2. The van der Waals surface area contributed by atoms with E-state index in [4.69, 9.17) is 0 Å². The van der Waals surface area contributed by atoms with Crippen LogP contribution in [0.25, 0.3) is 10.4 Å². The van der Waals surface area contributed by atoms with Gasteiger partial charge in [-0.25, -0.2) is 0 Å². The summed E-state index contributed by atoms with van der Waals surface area (Å²) in [5.74, 6) is -0.154. The number of benzene rings is 1. The van der Waals surface area contributed by atoms with Gasteiger partial charge in [-0.15, -0.1) is 18.3 Å². The molecule has 1 amide bonds. The minimum Gasteiger partial charge on any atom is -0.330 e. The maximum absolute atomic E-state index is 12.6. The zero-order valence-corrected chi connectivity index (χ0v) is 12.8. The van der Waals surface area contributed by atoms with Gasteiger partial charge in [0, 0.05) is 13.1 Å². The maximum atomic E-state index is 12.6. The lowest BCUT2D eigenvalue weighted by atomic mass is 10.1. The summed E-state index contributed by atoms with van der Waals surface area (Å²) in [6, 6.07) is 7.97. The lowest BCUT2D eigenvalue weighted by Gasteiger charge is -2.18. The molecule has 2 rings (SSSR count). The molecule has 1 heterocycles. The number of nitrogens with zero attached hydrogens (tertiary/aromatic N) is 3. The van der Waals surface area contributed by atoms with E-state index in [1.54, 1.807) is 17.1 Å². The van der Waals surface area contributed by atoms with Crippen molar-refractivity contribution in [1.29, 1.82) is 0 Å². The van der Waals surface area contributed by atoms with Gasteiger partial charge in [-0.3, -0.25) is 4.79 Å². The average molecular weight is 299 g/mol. The van der Waals surface area contributed by atoms with Gasteiger partial charge in [0.1, 0.15) is 0 Å². The first-order valence-electron chi connectivity index (χ1n) is 6.57. The number of rotatable bonds is 6. The fourth-order valence-corrected chi connectivity index (χ4v) is 2.59. The molecule has 0 unspecified atom stereocenters. The molecule has 0 aliphatic carbocycles. The Bertz CT molecular complexity index is 636. The molecule has 21 heavy (non-hydrogen) atoms. The number of hydrogen-bond acceptors (Lipinski definition) is 4. The largest absolute Gasteiger partial charge is 0.330 e. The summed E-state index contributed by atoms with van der Waals surface area (Å²) in [5.41, 5.74) is 2.51. The van der Waals surface area contributed by atoms with Crippen LogP contribution in [-0.4, -0.2) is 33.5 Å². The molecular weight excluding hydrogens is 282 g/mol. The Labute approximate surface area is 128 Å². The fourth-order valence-electron chi connectivity index (χ4n) is 1.93. The molecule has 108 valence electrons. The Morgan fingerprint density at radius 1 is 1.24 bits per heavy atom. The molecular formula is C16H17N3OS. The van der Waals surface area contributed by atoms with E-state index in [0.717, 1.165) is 10.4 Å². The molecule has 0 N–H and O–H groups in total. The molecule has 0 radical (unpaired) electrons. The SMILES string of the molecule is C=CCN(CC=C)C(=O)c1nnsc1-c1ccc(C)cc1. The van der Waals surface area contributed by atoms with E-state index in [9.17, 15) is 4.79 Å². The van der Waals surface area contributed by atoms with Crippen molar-refractivity contribution < 1.29 is 4.79 Å².